The van der Waals surface area contributed by atoms with Crippen molar-refractivity contribution in [2.45, 2.75) is 11.4 Å². The Labute approximate surface area is 179 Å². The number of thiazole rings is 1. The molecule has 160 valence electrons. The number of fused-ring (bicyclic) bond motifs is 1. The highest BCUT2D eigenvalue weighted by molar-refractivity contribution is 8.00. The number of carboxylic acid groups (broad SMARTS) is 1. The fourth-order valence-corrected chi connectivity index (χ4v) is 4.83. The number of hydrogen-bond acceptors (Lipinski definition) is 10. The van der Waals surface area contributed by atoms with Gasteiger partial charge in [-0.1, -0.05) is 17.3 Å². The van der Waals surface area contributed by atoms with E-state index in [0.29, 0.717) is 17.9 Å². The number of allylic oxidation sites excluding steroid dienone is 1. The number of aromatic nitrogens is 1. The molecule has 2 amide bonds. The molecule has 11 nitrogen and oxygen atoms in total. The molecule has 3 heterocycles. The van der Waals surface area contributed by atoms with Gasteiger partial charge in [0, 0.05) is 18.2 Å². The van der Waals surface area contributed by atoms with Crippen molar-refractivity contribution >= 4 is 51.7 Å². The minimum atomic E-state index is -1.21. The Morgan fingerprint density at radius 1 is 1.50 bits per heavy atom. The van der Waals surface area contributed by atoms with Crippen molar-refractivity contribution in [1.29, 1.82) is 0 Å². The number of thioether (sulfide) groups is 1. The minimum absolute atomic E-state index is 0.0975. The van der Waals surface area contributed by atoms with Gasteiger partial charge in [-0.05, 0) is 5.57 Å². The summed E-state index contributed by atoms with van der Waals surface area (Å²) in [7, 11) is 2.80. The average Bonchev–Trinajstić information content (AvgIpc) is 3.15. The van der Waals surface area contributed by atoms with Crippen LogP contribution in [0, 0.1) is 0 Å². The van der Waals surface area contributed by atoms with Gasteiger partial charge in [0.2, 0.25) is 0 Å². The molecule has 0 aromatic carbocycles. The predicted molar refractivity (Wildman–Crippen MR) is 111 cm³/mol. The molecule has 2 atom stereocenters. The molecule has 2 aliphatic heterocycles. The summed E-state index contributed by atoms with van der Waals surface area (Å²) in [5, 5.41) is 17.1. The number of carboxylic acids is 1. The number of rotatable bonds is 8. The average molecular weight is 454 g/mol. The van der Waals surface area contributed by atoms with Crippen molar-refractivity contribution in [3.05, 3.63) is 34.5 Å². The van der Waals surface area contributed by atoms with Crippen molar-refractivity contribution in [2.24, 2.45) is 5.16 Å². The smallest absolute Gasteiger partial charge is 0.352 e. The SMILES string of the molecule is COC/C=C/C1=C(C(=O)O)N2C(=O)[C@@H](NC(=O)/C(=N\OC)c3csc(N)n3)[C@@H]2SC1. The van der Waals surface area contributed by atoms with Gasteiger partial charge in [0.1, 0.15) is 29.9 Å². The zero-order chi connectivity index (χ0) is 21.8. The quantitative estimate of drug-likeness (QED) is 0.280. The van der Waals surface area contributed by atoms with Gasteiger partial charge in [-0.25, -0.2) is 9.78 Å². The van der Waals surface area contributed by atoms with Crippen molar-refractivity contribution in [3.63, 3.8) is 0 Å². The van der Waals surface area contributed by atoms with Crippen LogP contribution in [0.3, 0.4) is 0 Å². The number of ether oxygens (including phenoxy) is 1. The van der Waals surface area contributed by atoms with E-state index in [2.05, 4.69) is 15.5 Å². The van der Waals surface area contributed by atoms with E-state index in [1.54, 1.807) is 17.5 Å². The summed E-state index contributed by atoms with van der Waals surface area (Å²) in [6, 6.07) is -0.903. The van der Waals surface area contributed by atoms with Crippen molar-refractivity contribution in [3.8, 4) is 0 Å². The number of nitrogens with two attached hydrogens (primary N) is 1. The van der Waals surface area contributed by atoms with Crippen molar-refractivity contribution in [2.75, 3.05) is 32.3 Å². The molecule has 2 aliphatic rings. The number of oxime groups is 1. The van der Waals surface area contributed by atoms with E-state index in [1.165, 1.54) is 30.9 Å². The maximum atomic E-state index is 12.7. The fourth-order valence-electron chi connectivity index (χ4n) is 2.96. The Balaban J connectivity index is 1.78. The first kappa shape index (κ1) is 21.8. The number of carbonyl (C=O) groups excluding carboxylic acids is 2. The molecule has 3 rings (SSSR count). The first-order valence-corrected chi connectivity index (χ1v) is 10.5. The predicted octanol–water partition coefficient (Wildman–Crippen LogP) is 0.0170. The van der Waals surface area contributed by atoms with E-state index in [0.717, 1.165) is 11.3 Å². The zero-order valence-corrected chi connectivity index (χ0v) is 17.7. The summed E-state index contributed by atoms with van der Waals surface area (Å²) in [6.07, 6.45) is 3.31. The third-order valence-corrected chi connectivity index (χ3v) is 6.21. The normalized spacial score (nSPS) is 21.5. The van der Waals surface area contributed by atoms with Gasteiger partial charge in [-0.2, -0.15) is 0 Å². The lowest BCUT2D eigenvalue weighted by molar-refractivity contribution is -0.150. The number of anilines is 1. The molecular weight excluding hydrogens is 434 g/mol. The molecule has 0 bridgehead atoms. The van der Waals surface area contributed by atoms with Crippen LogP contribution in [-0.4, -0.2) is 76.5 Å². The molecular formula is C17H19N5O6S2. The molecule has 1 aromatic rings. The van der Waals surface area contributed by atoms with E-state index in [1.807, 2.05) is 0 Å². The fraction of sp³-hybridized carbons (Fsp3) is 0.353. The van der Waals surface area contributed by atoms with Crippen LogP contribution in [0.15, 0.2) is 34.0 Å². The molecule has 4 N–H and O–H groups in total. The second-order valence-electron chi connectivity index (χ2n) is 6.09. The highest BCUT2D eigenvalue weighted by Gasteiger charge is 2.54. The van der Waals surface area contributed by atoms with Crippen LogP contribution in [0.1, 0.15) is 5.69 Å². The lowest BCUT2D eigenvalue weighted by atomic mass is 10.0. The molecule has 1 aromatic heterocycles. The van der Waals surface area contributed by atoms with E-state index in [4.69, 9.17) is 15.3 Å². The van der Waals surface area contributed by atoms with Gasteiger partial charge in [0.25, 0.3) is 11.8 Å². The molecule has 1 saturated heterocycles. The van der Waals surface area contributed by atoms with Gasteiger partial charge < -0.3 is 25.7 Å². The molecule has 1 fully saturated rings. The monoisotopic (exact) mass is 453 g/mol. The molecule has 0 spiro atoms. The summed E-state index contributed by atoms with van der Waals surface area (Å²) in [5.74, 6) is -2.04. The zero-order valence-electron chi connectivity index (χ0n) is 16.0. The Morgan fingerprint density at radius 3 is 2.87 bits per heavy atom. The molecule has 0 saturated carbocycles. The van der Waals surface area contributed by atoms with Crippen molar-refractivity contribution in [1.82, 2.24) is 15.2 Å². The van der Waals surface area contributed by atoms with Gasteiger partial charge in [-0.15, -0.1) is 23.1 Å². The van der Waals surface area contributed by atoms with Crippen molar-refractivity contribution < 1.29 is 29.1 Å². The number of nitrogen functional groups attached to an aromatic ring is 1. The lowest BCUT2D eigenvalue weighted by Crippen LogP contribution is -2.71. The van der Waals surface area contributed by atoms with Crippen LogP contribution in [0.2, 0.25) is 0 Å². The Bertz CT molecular complexity index is 956. The van der Waals surface area contributed by atoms with E-state index in [9.17, 15) is 19.5 Å². The maximum Gasteiger partial charge on any atom is 0.352 e. The summed E-state index contributed by atoms with van der Waals surface area (Å²) in [5.41, 5.74) is 6.09. The number of methoxy groups -OCH3 is 1. The number of amides is 2. The van der Waals surface area contributed by atoms with Crippen LogP contribution >= 0.6 is 23.1 Å². The highest BCUT2D eigenvalue weighted by atomic mass is 32.2. The minimum Gasteiger partial charge on any atom is -0.477 e. The second-order valence-corrected chi connectivity index (χ2v) is 8.09. The van der Waals surface area contributed by atoms with Crippen LogP contribution in [-0.2, 0) is 24.0 Å². The number of hydrogen-bond donors (Lipinski definition) is 3. The number of aliphatic carboxylic acids is 1. The first-order valence-electron chi connectivity index (χ1n) is 8.59. The largest absolute Gasteiger partial charge is 0.477 e. The van der Waals surface area contributed by atoms with Gasteiger partial charge in [0.05, 0.1) is 6.61 Å². The maximum absolute atomic E-state index is 12.7. The molecule has 30 heavy (non-hydrogen) atoms. The van der Waals surface area contributed by atoms with Gasteiger partial charge in [-0.3, -0.25) is 14.5 Å². The summed E-state index contributed by atoms with van der Waals surface area (Å²) in [6.45, 7) is 0.319. The summed E-state index contributed by atoms with van der Waals surface area (Å²) >= 11 is 2.48. The first-order chi connectivity index (χ1) is 14.4. The lowest BCUT2D eigenvalue weighted by Gasteiger charge is -2.49. The molecule has 0 aliphatic carbocycles. The Hall–Kier alpha value is -2.90. The third kappa shape index (κ3) is 4.17. The van der Waals surface area contributed by atoms with Crippen LogP contribution < -0.4 is 11.1 Å². The standard InChI is InChI=1S/C17H19N5O6S2/c1-27-5-3-4-8-6-29-15-11(14(24)22(15)12(8)16(25)26)20-13(23)10(21-28-2)9-7-30-17(18)19-9/h3-4,7,11,15H,5-6H2,1-2H3,(H2,18,19)(H,20,23)(H,25,26)/b4-3+,21-10-/t11-,15+/m1/s1. The number of carbonyl (C=O) groups is 3. The van der Waals surface area contributed by atoms with Crippen LogP contribution in [0.5, 0.6) is 0 Å². The van der Waals surface area contributed by atoms with Crippen LogP contribution in [0.4, 0.5) is 5.13 Å². The van der Waals surface area contributed by atoms with E-state index < -0.39 is 29.2 Å². The molecule has 0 radical (unpaired) electrons. The summed E-state index contributed by atoms with van der Waals surface area (Å²) < 4.78 is 4.93. The van der Waals surface area contributed by atoms with Gasteiger partial charge >= 0.3 is 5.97 Å². The van der Waals surface area contributed by atoms with Crippen LogP contribution in [0.25, 0.3) is 0 Å². The Morgan fingerprint density at radius 2 is 2.27 bits per heavy atom. The number of β-lactam (4-membered cyclic amide) rings is 1. The highest BCUT2D eigenvalue weighted by Crippen LogP contribution is 2.40. The van der Waals surface area contributed by atoms with E-state index in [-0.39, 0.29) is 22.2 Å². The van der Waals surface area contributed by atoms with E-state index >= 15 is 0 Å². The molecule has 13 heteroatoms. The third-order valence-electron chi connectivity index (χ3n) is 4.23. The molecule has 0 unspecified atom stereocenters. The summed E-state index contributed by atoms with van der Waals surface area (Å²) in [4.78, 5) is 47.1. The Kier molecular flexibility index (Phi) is 6.74. The topological polar surface area (TPSA) is 156 Å². The number of nitrogens with zero attached hydrogens (tertiary/aromatic N) is 3. The second kappa shape index (κ2) is 9.28. The number of nitrogens with one attached hydrogen (secondary N) is 1. The van der Waals surface area contributed by atoms with Gasteiger partial charge in [0.15, 0.2) is 10.8 Å².